The second-order valence-electron chi connectivity index (χ2n) is 12.1. The number of hydrogen-bond donors (Lipinski definition) is 3. The number of phenolic OH excluding ortho intramolecular Hbond substituents is 3. The fourth-order valence-corrected chi connectivity index (χ4v) is 7.47. The Morgan fingerprint density at radius 3 is 1.39 bits per heavy atom. The van der Waals surface area contributed by atoms with Crippen molar-refractivity contribution in [2.24, 2.45) is 0 Å². The summed E-state index contributed by atoms with van der Waals surface area (Å²) in [6, 6.07) is 7.97. The molecule has 0 saturated heterocycles. The van der Waals surface area contributed by atoms with Crippen LogP contribution >= 0.6 is 0 Å². The first-order chi connectivity index (χ1) is 18.2. The predicted octanol–water partition coefficient (Wildman–Crippen LogP) is 9.77. The summed E-state index contributed by atoms with van der Waals surface area (Å²) in [4.78, 5) is 0. The van der Waals surface area contributed by atoms with Gasteiger partial charge in [0.1, 0.15) is 17.2 Å². The molecule has 2 aliphatic carbocycles. The standard InChI is InChI=1S/C35H44O3/c1-20-16-17-29(36)33(28-19-22(3)35(38)32(24(28)5)26-14-10-7-11-15-26)30(20)27-18-21(2)34(37)31(23(27)4)25-12-8-6-9-13-25/h16-19,25-26,36-38H,6-15H2,1-5H3. The fraction of sp³-hybridized carbons (Fsp3) is 0.486. The van der Waals surface area contributed by atoms with Gasteiger partial charge >= 0.3 is 0 Å². The van der Waals surface area contributed by atoms with Gasteiger partial charge in [-0.15, -0.1) is 0 Å². The van der Waals surface area contributed by atoms with E-state index in [1.54, 1.807) is 6.07 Å². The summed E-state index contributed by atoms with van der Waals surface area (Å²) in [5, 5.41) is 33.9. The van der Waals surface area contributed by atoms with E-state index in [-0.39, 0.29) is 5.75 Å². The molecule has 0 atom stereocenters. The molecular formula is C35H44O3. The average molecular weight is 513 g/mol. The number of benzene rings is 3. The van der Waals surface area contributed by atoms with Crippen molar-refractivity contribution in [3.8, 4) is 39.5 Å². The van der Waals surface area contributed by atoms with Crippen molar-refractivity contribution in [1.82, 2.24) is 0 Å². The molecule has 2 saturated carbocycles. The van der Waals surface area contributed by atoms with Crippen LogP contribution < -0.4 is 0 Å². The van der Waals surface area contributed by atoms with E-state index in [0.29, 0.717) is 23.3 Å². The Morgan fingerprint density at radius 2 is 0.947 bits per heavy atom. The summed E-state index contributed by atoms with van der Waals surface area (Å²) in [6.07, 6.45) is 11.8. The van der Waals surface area contributed by atoms with Gasteiger partial charge in [-0.1, -0.05) is 44.6 Å². The van der Waals surface area contributed by atoms with Gasteiger partial charge in [0.05, 0.1) is 0 Å². The zero-order chi connectivity index (χ0) is 27.1. The Labute approximate surface area is 228 Å². The molecule has 5 rings (SSSR count). The van der Waals surface area contributed by atoms with E-state index < -0.39 is 0 Å². The lowest BCUT2D eigenvalue weighted by molar-refractivity contribution is 0.411. The quantitative estimate of drug-likeness (QED) is 0.326. The number of aryl methyl sites for hydroxylation is 3. The van der Waals surface area contributed by atoms with Crippen molar-refractivity contribution in [3.05, 3.63) is 63.2 Å². The molecule has 0 aliphatic heterocycles. The number of rotatable bonds is 4. The first-order valence-corrected chi connectivity index (χ1v) is 14.7. The van der Waals surface area contributed by atoms with E-state index in [2.05, 4.69) is 32.9 Å². The van der Waals surface area contributed by atoms with E-state index in [4.69, 9.17) is 0 Å². The van der Waals surface area contributed by atoms with Crippen LogP contribution in [0.4, 0.5) is 0 Å². The van der Waals surface area contributed by atoms with Crippen LogP contribution in [0.2, 0.25) is 0 Å². The molecule has 3 heteroatoms. The van der Waals surface area contributed by atoms with E-state index >= 15 is 0 Å². The third-order valence-electron chi connectivity index (χ3n) is 9.55. The second kappa shape index (κ2) is 10.7. The molecule has 0 heterocycles. The van der Waals surface area contributed by atoms with Crippen LogP contribution in [0.1, 0.15) is 115 Å². The van der Waals surface area contributed by atoms with Gasteiger partial charge in [0.15, 0.2) is 0 Å². The highest BCUT2D eigenvalue weighted by molar-refractivity contribution is 5.93. The topological polar surface area (TPSA) is 60.7 Å². The minimum atomic E-state index is 0.262. The molecule has 0 bridgehead atoms. The summed E-state index contributed by atoms with van der Waals surface area (Å²) >= 11 is 0. The van der Waals surface area contributed by atoms with Crippen LogP contribution in [-0.2, 0) is 0 Å². The van der Waals surface area contributed by atoms with Crippen LogP contribution in [0.25, 0.3) is 22.3 Å². The van der Waals surface area contributed by atoms with Crippen LogP contribution in [0.15, 0.2) is 24.3 Å². The molecule has 202 valence electrons. The summed E-state index contributed by atoms with van der Waals surface area (Å²) in [5.41, 5.74) is 11.2. The highest BCUT2D eigenvalue weighted by atomic mass is 16.3. The molecule has 0 amide bonds. The normalized spacial score (nSPS) is 17.2. The molecule has 3 aromatic rings. The lowest BCUT2D eigenvalue weighted by Crippen LogP contribution is -2.09. The van der Waals surface area contributed by atoms with Gasteiger partial charge in [-0.25, -0.2) is 0 Å². The van der Waals surface area contributed by atoms with Crippen molar-refractivity contribution in [2.45, 2.75) is 111 Å². The number of phenols is 3. The Morgan fingerprint density at radius 1 is 0.526 bits per heavy atom. The van der Waals surface area contributed by atoms with Crippen LogP contribution in [0, 0.1) is 34.6 Å². The van der Waals surface area contributed by atoms with E-state index in [1.807, 2.05) is 19.9 Å². The first-order valence-electron chi connectivity index (χ1n) is 14.7. The zero-order valence-electron chi connectivity index (χ0n) is 23.9. The van der Waals surface area contributed by atoms with Crippen molar-refractivity contribution < 1.29 is 15.3 Å². The van der Waals surface area contributed by atoms with Crippen molar-refractivity contribution >= 4 is 0 Å². The Hall–Kier alpha value is -2.94. The maximum Gasteiger partial charge on any atom is 0.124 e. The summed E-state index contributed by atoms with van der Waals surface area (Å²) < 4.78 is 0. The largest absolute Gasteiger partial charge is 0.507 e. The van der Waals surface area contributed by atoms with Crippen molar-refractivity contribution in [3.63, 3.8) is 0 Å². The molecule has 38 heavy (non-hydrogen) atoms. The number of aromatic hydroxyl groups is 3. The maximum atomic E-state index is 11.4. The van der Waals surface area contributed by atoms with Gasteiger partial charge < -0.3 is 15.3 Å². The van der Waals surface area contributed by atoms with Crippen molar-refractivity contribution in [1.29, 1.82) is 0 Å². The molecule has 2 aliphatic rings. The fourth-order valence-electron chi connectivity index (χ4n) is 7.47. The average Bonchev–Trinajstić information content (AvgIpc) is 2.91. The molecule has 0 unspecified atom stereocenters. The zero-order valence-corrected chi connectivity index (χ0v) is 23.9. The van der Waals surface area contributed by atoms with Crippen molar-refractivity contribution in [2.75, 3.05) is 0 Å². The molecule has 0 spiro atoms. The van der Waals surface area contributed by atoms with E-state index in [1.165, 1.54) is 38.5 Å². The highest BCUT2D eigenvalue weighted by Crippen LogP contribution is 2.51. The Balaban J connectivity index is 1.77. The Kier molecular flexibility index (Phi) is 7.49. The van der Waals surface area contributed by atoms with Gasteiger partial charge in [0.25, 0.3) is 0 Å². The molecule has 0 radical (unpaired) electrons. The van der Waals surface area contributed by atoms with Crippen LogP contribution in [0.3, 0.4) is 0 Å². The molecule has 3 aromatic carbocycles. The third-order valence-corrected chi connectivity index (χ3v) is 9.55. The van der Waals surface area contributed by atoms with Gasteiger partial charge in [0, 0.05) is 16.7 Å². The minimum absolute atomic E-state index is 0.262. The van der Waals surface area contributed by atoms with Gasteiger partial charge in [0.2, 0.25) is 0 Å². The Bertz CT molecular complexity index is 1250. The molecular weight excluding hydrogens is 468 g/mol. The lowest BCUT2D eigenvalue weighted by Gasteiger charge is -2.29. The second-order valence-corrected chi connectivity index (χ2v) is 12.1. The van der Waals surface area contributed by atoms with E-state index in [0.717, 1.165) is 86.9 Å². The SMILES string of the molecule is Cc1cc(-c2c(C)ccc(O)c2-c2cc(C)c(O)c(C3CCCCC3)c2C)c(C)c(C2CCCCC2)c1O. The van der Waals surface area contributed by atoms with Gasteiger partial charge in [-0.3, -0.25) is 0 Å². The molecule has 3 nitrogen and oxygen atoms in total. The van der Waals surface area contributed by atoms with Crippen LogP contribution in [0.5, 0.6) is 17.2 Å². The number of hydrogen-bond acceptors (Lipinski definition) is 3. The predicted molar refractivity (Wildman–Crippen MR) is 158 cm³/mol. The highest BCUT2D eigenvalue weighted by Gasteiger charge is 2.29. The summed E-state index contributed by atoms with van der Waals surface area (Å²) in [5.74, 6) is 1.85. The van der Waals surface area contributed by atoms with Crippen LogP contribution in [-0.4, -0.2) is 15.3 Å². The molecule has 2 fully saturated rings. The summed E-state index contributed by atoms with van der Waals surface area (Å²) in [7, 11) is 0. The molecule has 3 N–H and O–H groups in total. The van der Waals surface area contributed by atoms with Gasteiger partial charge in [-0.05, 0) is 135 Å². The van der Waals surface area contributed by atoms with Gasteiger partial charge in [-0.2, -0.15) is 0 Å². The third kappa shape index (κ3) is 4.59. The smallest absolute Gasteiger partial charge is 0.124 e. The lowest BCUT2D eigenvalue weighted by atomic mass is 9.76. The maximum absolute atomic E-state index is 11.4. The monoisotopic (exact) mass is 512 g/mol. The molecule has 0 aromatic heterocycles. The van der Waals surface area contributed by atoms with E-state index in [9.17, 15) is 15.3 Å². The summed E-state index contributed by atoms with van der Waals surface area (Å²) in [6.45, 7) is 10.4. The first kappa shape index (κ1) is 26.7. The minimum Gasteiger partial charge on any atom is -0.507 e.